The summed E-state index contributed by atoms with van der Waals surface area (Å²) in [6, 6.07) is 14.1. The summed E-state index contributed by atoms with van der Waals surface area (Å²) in [6.07, 6.45) is -0.642. The minimum atomic E-state index is -0.681. The first-order chi connectivity index (χ1) is 17.5. The predicted molar refractivity (Wildman–Crippen MR) is 138 cm³/mol. The number of nitrogens with zero attached hydrogens (tertiary/aromatic N) is 1. The maximum atomic E-state index is 12.5. The van der Waals surface area contributed by atoms with Crippen molar-refractivity contribution in [3.63, 3.8) is 0 Å². The summed E-state index contributed by atoms with van der Waals surface area (Å²) in [5.41, 5.74) is 1.25. The van der Waals surface area contributed by atoms with Crippen LogP contribution in [0.15, 0.2) is 48.5 Å². The smallest absolute Gasteiger partial charge is 0.419 e. The van der Waals surface area contributed by atoms with E-state index >= 15 is 0 Å². The van der Waals surface area contributed by atoms with Crippen molar-refractivity contribution in [1.82, 2.24) is 9.55 Å². The Morgan fingerprint density at radius 2 is 1.35 bits per heavy atom. The number of methoxy groups -OCH3 is 4. The third-order valence-corrected chi connectivity index (χ3v) is 5.22. The molecule has 10 heteroatoms. The van der Waals surface area contributed by atoms with Gasteiger partial charge in [0.25, 0.3) is 0 Å². The highest BCUT2D eigenvalue weighted by Gasteiger charge is 2.25. The van der Waals surface area contributed by atoms with Gasteiger partial charge in [-0.05, 0) is 57.2 Å². The highest BCUT2D eigenvalue weighted by Crippen LogP contribution is 2.26. The van der Waals surface area contributed by atoms with Crippen molar-refractivity contribution in [2.75, 3.05) is 28.4 Å². The van der Waals surface area contributed by atoms with Crippen molar-refractivity contribution in [2.24, 2.45) is 0 Å². The van der Waals surface area contributed by atoms with Gasteiger partial charge in [-0.25, -0.2) is 19.0 Å². The zero-order chi connectivity index (χ0) is 27.3. The summed E-state index contributed by atoms with van der Waals surface area (Å²) in [5, 5.41) is 1.67. The Labute approximate surface area is 214 Å². The van der Waals surface area contributed by atoms with Gasteiger partial charge in [0, 0.05) is 28.4 Å². The van der Waals surface area contributed by atoms with Gasteiger partial charge < -0.3 is 28.7 Å². The second kappa shape index (κ2) is 11.1. The highest BCUT2D eigenvalue weighted by molar-refractivity contribution is 6.02. The minimum Gasteiger partial charge on any atom is -0.497 e. The van der Waals surface area contributed by atoms with Gasteiger partial charge in [0.2, 0.25) is 0 Å². The predicted octanol–water partition coefficient (Wildman–Crippen LogP) is 5.18. The van der Waals surface area contributed by atoms with Crippen LogP contribution >= 0.6 is 0 Å². The van der Waals surface area contributed by atoms with Crippen molar-refractivity contribution in [3.8, 4) is 11.5 Å². The number of carbonyl (C=O) groups is 3. The first-order valence-corrected chi connectivity index (χ1v) is 11.3. The quantitative estimate of drug-likeness (QED) is 0.295. The maximum absolute atomic E-state index is 12.5. The number of fused-ring (bicyclic) bond motifs is 2. The van der Waals surface area contributed by atoms with Crippen LogP contribution in [0.1, 0.15) is 41.7 Å². The lowest BCUT2D eigenvalue weighted by atomic mass is 10.2. The molecule has 0 bridgehead atoms. The number of benzene rings is 2. The lowest BCUT2D eigenvalue weighted by molar-refractivity contribution is 0.0489. The average molecular weight is 511 g/mol. The second-order valence-corrected chi connectivity index (χ2v) is 8.89. The van der Waals surface area contributed by atoms with Crippen molar-refractivity contribution in [3.05, 3.63) is 59.9 Å². The van der Waals surface area contributed by atoms with E-state index in [1.54, 1.807) is 58.2 Å². The molecule has 0 aliphatic carbocycles. The minimum absolute atomic E-state index is 0.111. The fourth-order valence-electron chi connectivity index (χ4n) is 3.52. The van der Waals surface area contributed by atoms with Gasteiger partial charge in [-0.15, -0.1) is 0 Å². The molecule has 4 aromatic rings. The number of aromatic nitrogens is 2. The molecule has 37 heavy (non-hydrogen) atoms. The number of hydrogen-bond acceptors (Lipinski definition) is 8. The largest absolute Gasteiger partial charge is 0.497 e. The Bertz CT molecular complexity index is 1440. The van der Waals surface area contributed by atoms with Crippen molar-refractivity contribution in [1.29, 1.82) is 0 Å². The molecule has 0 fully saturated rings. The molecule has 196 valence electrons. The molecule has 0 spiro atoms. The molecule has 2 aromatic heterocycles. The lowest BCUT2D eigenvalue weighted by Gasteiger charge is -2.20. The third kappa shape index (κ3) is 6.21. The fraction of sp³-hybridized carbons (Fsp3) is 0.296. The van der Waals surface area contributed by atoms with Crippen LogP contribution in [-0.4, -0.2) is 61.6 Å². The molecule has 10 nitrogen and oxygen atoms in total. The number of hydrogen-bond donors (Lipinski definition) is 1. The van der Waals surface area contributed by atoms with E-state index in [1.807, 2.05) is 18.2 Å². The number of carbonyl (C=O) groups excluding carboxylic acids is 3. The highest BCUT2D eigenvalue weighted by atomic mass is 16.6. The fourth-order valence-corrected chi connectivity index (χ4v) is 3.52. The molecule has 0 amide bonds. The molecule has 0 atom stereocenters. The van der Waals surface area contributed by atoms with E-state index in [9.17, 15) is 14.4 Å². The molecule has 0 saturated carbocycles. The van der Waals surface area contributed by atoms with Crippen molar-refractivity contribution in [2.45, 2.75) is 26.4 Å². The summed E-state index contributed by atoms with van der Waals surface area (Å²) in [5.74, 6) is 0.346. The lowest BCUT2D eigenvalue weighted by Crippen LogP contribution is -2.29. The Hall–Kier alpha value is -4.47. The molecule has 1 N–H and O–H groups in total. The van der Waals surface area contributed by atoms with Gasteiger partial charge in [-0.3, -0.25) is 0 Å². The summed E-state index contributed by atoms with van der Waals surface area (Å²) < 4.78 is 26.2. The first kappa shape index (κ1) is 27.1. The first-order valence-electron chi connectivity index (χ1n) is 11.3. The molecular weight excluding hydrogens is 480 g/mol. The number of ether oxygens (including phenoxy) is 5. The summed E-state index contributed by atoms with van der Waals surface area (Å²) in [6.45, 7) is 5.28. The molecule has 0 saturated heterocycles. The number of H-pyrrole nitrogens is 1. The Morgan fingerprint density at radius 1 is 0.757 bits per heavy atom. The van der Waals surface area contributed by atoms with Crippen molar-refractivity contribution >= 4 is 39.8 Å². The van der Waals surface area contributed by atoms with Gasteiger partial charge in [0.05, 0.1) is 34.0 Å². The van der Waals surface area contributed by atoms with E-state index < -0.39 is 17.7 Å². The zero-order valence-corrected chi connectivity index (χ0v) is 21.8. The summed E-state index contributed by atoms with van der Waals surface area (Å²) >= 11 is 0. The van der Waals surface area contributed by atoms with Crippen molar-refractivity contribution < 1.29 is 38.1 Å². The van der Waals surface area contributed by atoms with Crippen LogP contribution < -0.4 is 9.47 Å². The van der Waals surface area contributed by atoms with Crippen LogP contribution in [-0.2, 0) is 14.2 Å². The normalized spacial score (nSPS) is 10.9. The van der Waals surface area contributed by atoms with Gasteiger partial charge in [0.1, 0.15) is 28.5 Å². The molecule has 4 rings (SSSR count). The van der Waals surface area contributed by atoms with Crippen LogP contribution in [0, 0.1) is 0 Å². The molecule has 0 unspecified atom stereocenters. The van der Waals surface area contributed by atoms with E-state index in [1.165, 1.54) is 25.9 Å². The van der Waals surface area contributed by atoms with Gasteiger partial charge >= 0.3 is 18.0 Å². The molecular formula is C27H30N2O8. The van der Waals surface area contributed by atoms with Crippen LogP contribution in [0.25, 0.3) is 21.8 Å². The van der Waals surface area contributed by atoms with Crippen LogP contribution in [0.2, 0.25) is 0 Å². The van der Waals surface area contributed by atoms with Crippen LogP contribution in [0.4, 0.5) is 4.79 Å². The third-order valence-electron chi connectivity index (χ3n) is 5.22. The standard InChI is InChI=1S/C16H19NO5.C11H11NO3/c1-16(2,3)22-15(19)17-12-9-11(20-4)7-6-10(12)8-13(17)14(18)21-5;1-14-8-4-3-7-5-10(11(13)15-2)12-9(7)6-8/h6-9H,1-5H3;3-6,12H,1-2H3. The van der Waals surface area contributed by atoms with E-state index in [0.717, 1.165) is 16.7 Å². The maximum Gasteiger partial charge on any atom is 0.419 e. The van der Waals surface area contributed by atoms with Gasteiger partial charge in [-0.1, -0.05) is 0 Å². The number of esters is 2. The van der Waals surface area contributed by atoms with E-state index in [2.05, 4.69) is 9.72 Å². The summed E-state index contributed by atoms with van der Waals surface area (Å²) in [7, 11) is 5.75. The number of aromatic amines is 1. The van der Waals surface area contributed by atoms with Gasteiger partial charge in [-0.2, -0.15) is 0 Å². The van der Waals surface area contributed by atoms with Crippen LogP contribution in [0.3, 0.4) is 0 Å². The second-order valence-electron chi connectivity index (χ2n) is 8.89. The Kier molecular flexibility index (Phi) is 8.11. The number of nitrogens with one attached hydrogen (secondary N) is 1. The number of rotatable bonds is 4. The van der Waals surface area contributed by atoms with Crippen LogP contribution in [0.5, 0.6) is 11.5 Å². The average Bonchev–Trinajstić information content (AvgIpc) is 3.47. The summed E-state index contributed by atoms with van der Waals surface area (Å²) in [4.78, 5) is 38.6. The van der Waals surface area contributed by atoms with E-state index in [4.69, 9.17) is 18.9 Å². The SMILES string of the molecule is COC(=O)c1cc2ccc(OC)cc2[nH]1.COC(=O)c1cc2ccc(OC)cc2n1C(=O)OC(C)(C)C. The zero-order valence-electron chi connectivity index (χ0n) is 21.8. The topological polar surface area (TPSA) is 118 Å². The Balaban J connectivity index is 0.000000220. The monoisotopic (exact) mass is 510 g/mol. The molecule has 0 aliphatic heterocycles. The molecule has 0 aliphatic rings. The molecule has 2 heterocycles. The van der Waals surface area contributed by atoms with E-state index in [-0.39, 0.29) is 11.7 Å². The Morgan fingerprint density at radius 3 is 1.92 bits per heavy atom. The molecule has 2 aromatic carbocycles. The molecule has 0 radical (unpaired) electrons. The van der Waals surface area contributed by atoms with E-state index in [0.29, 0.717) is 22.3 Å². The van der Waals surface area contributed by atoms with Gasteiger partial charge in [0.15, 0.2) is 0 Å².